The molecule has 1 saturated carbocycles. The van der Waals surface area contributed by atoms with Gasteiger partial charge in [-0.05, 0) is 39.7 Å². The van der Waals surface area contributed by atoms with Crippen LogP contribution in [0.2, 0.25) is 0 Å². The summed E-state index contributed by atoms with van der Waals surface area (Å²) < 4.78 is 1.65. The van der Waals surface area contributed by atoms with Crippen molar-refractivity contribution in [2.45, 2.75) is 69.3 Å². The molecule has 2 aromatic heterocycles. The second-order valence-corrected chi connectivity index (χ2v) is 8.01. The number of nitrogens with zero attached hydrogens (tertiary/aromatic N) is 4. The Kier molecular flexibility index (Phi) is 5.75. The number of carbonyl (C=O) groups excluding carboxylic acids is 2. The van der Waals surface area contributed by atoms with Crippen molar-refractivity contribution in [3.63, 3.8) is 0 Å². The van der Waals surface area contributed by atoms with Crippen molar-refractivity contribution >= 4 is 29.5 Å². The van der Waals surface area contributed by atoms with E-state index in [-0.39, 0.29) is 11.9 Å². The Morgan fingerprint density at radius 2 is 1.96 bits per heavy atom. The Labute approximate surface area is 156 Å². The summed E-state index contributed by atoms with van der Waals surface area (Å²) in [4.78, 5) is 33.0. The number of hydrogen-bond acceptors (Lipinski definition) is 6. The molecule has 140 valence electrons. The molecule has 0 radical (unpaired) electrons. The Balaban J connectivity index is 1.56. The zero-order valence-electron chi connectivity index (χ0n) is 15.3. The van der Waals surface area contributed by atoms with Crippen molar-refractivity contribution in [2.24, 2.45) is 0 Å². The van der Waals surface area contributed by atoms with Gasteiger partial charge in [0.2, 0.25) is 11.1 Å². The molecule has 1 aliphatic rings. The molecule has 0 aliphatic heterocycles. The molecule has 1 fully saturated rings. The lowest BCUT2D eigenvalue weighted by molar-refractivity contribution is -0.119. The molecule has 9 heteroatoms. The van der Waals surface area contributed by atoms with Crippen LogP contribution in [0.5, 0.6) is 0 Å². The molecule has 2 N–H and O–H groups in total. The van der Waals surface area contributed by atoms with Crippen molar-refractivity contribution in [3.8, 4) is 0 Å². The molecule has 0 saturated heterocycles. The molecule has 0 aromatic carbocycles. The summed E-state index contributed by atoms with van der Waals surface area (Å²) in [6.07, 6.45) is 5.41. The van der Waals surface area contributed by atoms with E-state index in [0.29, 0.717) is 10.9 Å². The Hall–Kier alpha value is -2.16. The first kappa shape index (κ1) is 18.6. The Bertz CT molecular complexity index is 815. The summed E-state index contributed by atoms with van der Waals surface area (Å²) in [5, 5.41) is 9.63. The van der Waals surface area contributed by atoms with Gasteiger partial charge in [0.25, 0.3) is 5.78 Å². The van der Waals surface area contributed by atoms with E-state index in [4.69, 9.17) is 0 Å². The molecule has 0 bridgehead atoms. The molecule has 2 aromatic rings. The zero-order chi connectivity index (χ0) is 18.7. The number of rotatable bonds is 4. The quantitative estimate of drug-likeness (QED) is 0.795. The van der Waals surface area contributed by atoms with E-state index in [1.165, 1.54) is 18.2 Å². The van der Waals surface area contributed by atoms with Gasteiger partial charge in [-0.3, -0.25) is 10.1 Å². The van der Waals surface area contributed by atoms with Gasteiger partial charge in [0.05, 0.1) is 5.25 Å². The maximum absolute atomic E-state index is 12.3. The number of amides is 3. The predicted molar refractivity (Wildman–Crippen MR) is 99.1 cm³/mol. The minimum atomic E-state index is -0.495. The molecule has 0 spiro atoms. The molecular formula is C17H24N6O2S. The maximum atomic E-state index is 12.3. The Morgan fingerprint density at radius 1 is 1.23 bits per heavy atom. The number of hydrogen-bond donors (Lipinski definition) is 2. The minimum absolute atomic E-state index is 0.164. The summed E-state index contributed by atoms with van der Waals surface area (Å²) in [6.45, 7) is 5.55. The lowest BCUT2D eigenvalue weighted by Gasteiger charge is -2.22. The number of nitrogens with one attached hydrogen (secondary N) is 2. The number of aryl methyl sites for hydroxylation is 2. The van der Waals surface area contributed by atoms with E-state index in [9.17, 15) is 9.59 Å². The third kappa shape index (κ3) is 4.51. The monoisotopic (exact) mass is 376 g/mol. The number of carbonyl (C=O) groups is 2. The highest BCUT2D eigenvalue weighted by atomic mass is 32.2. The van der Waals surface area contributed by atoms with Crippen LogP contribution >= 0.6 is 11.8 Å². The second-order valence-electron chi connectivity index (χ2n) is 6.70. The second kappa shape index (κ2) is 8.03. The first-order valence-corrected chi connectivity index (χ1v) is 9.79. The third-order valence-corrected chi connectivity index (χ3v) is 5.38. The van der Waals surface area contributed by atoms with Crippen LogP contribution in [0.25, 0.3) is 5.78 Å². The van der Waals surface area contributed by atoms with Crippen LogP contribution in [0.4, 0.5) is 4.79 Å². The maximum Gasteiger partial charge on any atom is 0.321 e. The van der Waals surface area contributed by atoms with Crippen molar-refractivity contribution in [1.29, 1.82) is 0 Å². The normalized spacial score (nSPS) is 16.4. The summed E-state index contributed by atoms with van der Waals surface area (Å²) in [5.74, 6) is 0.149. The van der Waals surface area contributed by atoms with Gasteiger partial charge >= 0.3 is 6.03 Å². The molecule has 1 unspecified atom stereocenters. The van der Waals surface area contributed by atoms with Gasteiger partial charge in [-0.2, -0.15) is 4.98 Å². The molecule has 3 rings (SSSR count). The summed E-state index contributed by atoms with van der Waals surface area (Å²) in [6, 6.07) is 1.66. The standard InChI is InChI=1S/C17H24N6O2S/c1-10-9-11(2)23-15(18-10)21-17(22-23)26-12(3)14(24)20-16(25)19-13-7-5-4-6-8-13/h9,12-13H,4-8H2,1-3H3,(H2,19,20,24,25). The third-order valence-electron chi connectivity index (χ3n) is 4.43. The van der Waals surface area contributed by atoms with E-state index in [1.807, 2.05) is 19.9 Å². The molecule has 1 atom stereocenters. The SMILES string of the molecule is Cc1cc(C)n2nc(SC(C)C(=O)NC(=O)NC3CCCCC3)nc2n1. The van der Waals surface area contributed by atoms with Gasteiger partial charge < -0.3 is 5.32 Å². The van der Waals surface area contributed by atoms with E-state index in [2.05, 4.69) is 25.7 Å². The van der Waals surface area contributed by atoms with Gasteiger partial charge in [0.15, 0.2) is 0 Å². The zero-order valence-corrected chi connectivity index (χ0v) is 16.1. The average Bonchev–Trinajstić information content (AvgIpc) is 2.98. The van der Waals surface area contributed by atoms with Crippen LogP contribution in [0, 0.1) is 13.8 Å². The predicted octanol–water partition coefficient (Wildman–Crippen LogP) is 2.38. The Morgan fingerprint density at radius 3 is 2.69 bits per heavy atom. The average molecular weight is 376 g/mol. The van der Waals surface area contributed by atoms with Crippen LogP contribution in [-0.4, -0.2) is 42.8 Å². The number of imide groups is 1. The van der Waals surface area contributed by atoms with Gasteiger partial charge in [-0.25, -0.2) is 14.3 Å². The molecular weight excluding hydrogens is 352 g/mol. The fourth-order valence-electron chi connectivity index (χ4n) is 3.09. The van der Waals surface area contributed by atoms with Gasteiger partial charge in [0, 0.05) is 17.4 Å². The summed E-state index contributed by atoms with van der Waals surface area (Å²) in [7, 11) is 0. The fourth-order valence-corrected chi connectivity index (χ4v) is 3.84. The van der Waals surface area contributed by atoms with Crippen LogP contribution in [0.1, 0.15) is 50.4 Å². The minimum Gasteiger partial charge on any atom is -0.335 e. The molecule has 8 nitrogen and oxygen atoms in total. The smallest absolute Gasteiger partial charge is 0.321 e. The van der Waals surface area contributed by atoms with E-state index in [1.54, 1.807) is 11.4 Å². The highest BCUT2D eigenvalue weighted by Crippen LogP contribution is 2.21. The molecule has 1 aliphatic carbocycles. The van der Waals surface area contributed by atoms with E-state index in [0.717, 1.165) is 37.1 Å². The number of urea groups is 1. The first-order valence-electron chi connectivity index (χ1n) is 8.91. The highest BCUT2D eigenvalue weighted by Gasteiger charge is 2.22. The van der Waals surface area contributed by atoms with E-state index >= 15 is 0 Å². The summed E-state index contributed by atoms with van der Waals surface area (Å²) >= 11 is 1.20. The summed E-state index contributed by atoms with van der Waals surface area (Å²) in [5.41, 5.74) is 1.79. The van der Waals surface area contributed by atoms with Crippen LogP contribution in [-0.2, 0) is 4.79 Å². The van der Waals surface area contributed by atoms with Gasteiger partial charge in [0.1, 0.15) is 0 Å². The lowest BCUT2D eigenvalue weighted by Crippen LogP contribution is -2.47. The molecule has 26 heavy (non-hydrogen) atoms. The van der Waals surface area contributed by atoms with E-state index < -0.39 is 11.3 Å². The number of fused-ring (bicyclic) bond motifs is 1. The van der Waals surface area contributed by atoms with Crippen LogP contribution in [0.3, 0.4) is 0 Å². The lowest BCUT2D eigenvalue weighted by atomic mass is 9.96. The first-order chi connectivity index (χ1) is 12.4. The van der Waals surface area contributed by atoms with Crippen molar-refractivity contribution in [2.75, 3.05) is 0 Å². The topological polar surface area (TPSA) is 101 Å². The van der Waals surface area contributed by atoms with Crippen molar-refractivity contribution < 1.29 is 9.59 Å². The molecule has 2 heterocycles. The van der Waals surface area contributed by atoms with Crippen LogP contribution in [0.15, 0.2) is 11.2 Å². The highest BCUT2D eigenvalue weighted by molar-refractivity contribution is 8.00. The fraction of sp³-hybridized carbons (Fsp3) is 0.588. The van der Waals surface area contributed by atoms with Crippen molar-refractivity contribution in [1.82, 2.24) is 30.2 Å². The molecule has 3 amide bonds. The number of thioether (sulfide) groups is 1. The number of aromatic nitrogens is 4. The van der Waals surface area contributed by atoms with Gasteiger partial charge in [-0.1, -0.05) is 31.0 Å². The van der Waals surface area contributed by atoms with Crippen LogP contribution < -0.4 is 10.6 Å². The van der Waals surface area contributed by atoms with Gasteiger partial charge in [-0.15, -0.1) is 5.10 Å². The van der Waals surface area contributed by atoms with Crippen molar-refractivity contribution in [3.05, 3.63) is 17.5 Å². The largest absolute Gasteiger partial charge is 0.335 e.